The number of hydrogen-bond donors (Lipinski definition) is 0. The van der Waals surface area contributed by atoms with Gasteiger partial charge < -0.3 is 4.90 Å². The fourth-order valence-corrected chi connectivity index (χ4v) is 2.68. The zero-order valence-corrected chi connectivity index (χ0v) is 10.4. The van der Waals surface area contributed by atoms with E-state index in [1.165, 1.54) is 18.7 Å². The molecule has 2 aromatic rings. The summed E-state index contributed by atoms with van der Waals surface area (Å²) >= 11 is 0. The predicted molar refractivity (Wildman–Crippen MR) is 67.1 cm³/mol. The molecule has 0 saturated carbocycles. The monoisotopic (exact) mass is 230 g/mol. The molecule has 1 aliphatic heterocycles. The van der Waals surface area contributed by atoms with Crippen molar-refractivity contribution in [3.63, 3.8) is 0 Å². The van der Waals surface area contributed by atoms with E-state index < -0.39 is 0 Å². The number of nitrogens with zero attached hydrogens (tertiary/aromatic N) is 4. The number of fused-ring (bicyclic) bond motifs is 1. The standard InChI is InChI=1S/C13H18N4/c1-10(2)16-7-4-11(9-16)12-3-5-14-13-15-6-8-17(12)13/h3,5-6,8,10-11H,4,7,9H2,1-2H3/t11-/m0/s1. The van der Waals surface area contributed by atoms with Crippen LogP contribution in [0.3, 0.4) is 0 Å². The summed E-state index contributed by atoms with van der Waals surface area (Å²) in [5.41, 5.74) is 1.34. The molecular formula is C13H18N4. The third-order valence-electron chi connectivity index (χ3n) is 3.70. The minimum atomic E-state index is 0.608. The summed E-state index contributed by atoms with van der Waals surface area (Å²) in [5, 5.41) is 0. The molecule has 0 N–H and O–H groups in total. The summed E-state index contributed by atoms with van der Waals surface area (Å²) in [5.74, 6) is 1.42. The second kappa shape index (κ2) is 4.11. The summed E-state index contributed by atoms with van der Waals surface area (Å²) < 4.78 is 2.12. The van der Waals surface area contributed by atoms with Crippen molar-refractivity contribution in [2.24, 2.45) is 0 Å². The smallest absolute Gasteiger partial charge is 0.233 e. The van der Waals surface area contributed by atoms with Gasteiger partial charge in [-0.05, 0) is 32.9 Å². The van der Waals surface area contributed by atoms with Gasteiger partial charge in [0, 0.05) is 42.8 Å². The van der Waals surface area contributed by atoms with Gasteiger partial charge in [0.2, 0.25) is 5.78 Å². The largest absolute Gasteiger partial charge is 0.300 e. The fourth-order valence-electron chi connectivity index (χ4n) is 2.68. The van der Waals surface area contributed by atoms with Crippen molar-refractivity contribution in [2.75, 3.05) is 13.1 Å². The van der Waals surface area contributed by atoms with Crippen LogP contribution in [0.15, 0.2) is 24.7 Å². The zero-order valence-electron chi connectivity index (χ0n) is 10.4. The SMILES string of the molecule is CC(C)N1CC[C@H](c2ccnc3nccn23)C1. The van der Waals surface area contributed by atoms with Crippen LogP contribution in [0, 0.1) is 0 Å². The molecule has 1 saturated heterocycles. The van der Waals surface area contributed by atoms with E-state index in [1.807, 2.05) is 18.6 Å². The van der Waals surface area contributed by atoms with E-state index in [0.29, 0.717) is 12.0 Å². The van der Waals surface area contributed by atoms with Gasteiger partial charge in [0.15, 0.2) is 0 Å². The molecule has 3 heterocycles. The summed E-state index contributed by atoms with van der Waals surface area (Å²) in [7, 11) is 0. The van der Waals surface area contributed by atoms with Crippen LogP contribution in [-0.2, 0) is 0 Å². The van der Waals surface area contributed by atoms with E-state index in [4.69, 9.17) is 0 Å². The molecule has 1 fully saturated rings. The van der Waals surface area contributed by atoms with E-state index in [-0.39, 0.29) is 0 Å². The minimum absolute atomic E-state index is 0.608. The van der Waals surface area contributed by atoms with E-state index in [1.54, 1.807) is 0 Å². The second-order valence-electron chi connectivity index (χ2n) is 5.04. The van der Waals surface area contributed by atoms with Gasteiger partial charge in [-0.2, -0.15) is 0 Å². The number of aromatic nitrogens is 3. The van der Waals surface area contributed by atoms with Crippen molar-refractivity contribution in [3.8, 4) is 0 Å². The zero-order chi connectivity index (χ0) is 11.8. The molecule has 0 bridgehead atoms. The lowest BCUT2D eigenvalue weighted by Crippen LogP contribution is -2.28. The predicted octanol–water partition coefficient (Wildman–Crippen LogP) is 1.93. The van der Waals surface area contributed by atoms with Crippen LogP contribution in [0.4, 0.5) is 0 Å². The van der Waals surface area contributed by atoms with E-state index in [0.717, 1.165) is 12.3 Å². The van der Waals surface area contributed by atoms with E-state index >= 15 is 0 Å². The third kappa shape index (κ3) is 1.82. The van der Waals surface area contributed by atoms with Crippen LogP contribution in [0.5, 0.6) is 0 Å². The summed E-state index contributed by atoms with van der Waals surface area (Å²) in [6.45, 7) is 6.87. The Kier molecular flexibility index (Phi) is 2.59. The van der Waals surface area contributed by atoms with Gasteiger partial charge in [0.1, 0.15) is 0 Å². The Hall–Kier alpha value is -1.42. The summed E-state index contributed by atoms with van der Waals surface area (Å²) in [6.07, 6.45) is 6.93. The average molecular weight is 230 g/mol. The Balaban J connectivity index is 1.92. The molecule has 3 rings (SSSR count). The molecule has 90 valence electrons. The number of imidazole rings is 1. The second-order valence-corrected chi connectivity index (χ2v) is 5.04. The van der Waals surface area contributed by atoms with Crippen molar-refractivity contribution in [3.05, 3.63) is 30.4 Å². The Morgan fingerprint density at radius 1 is 1.29 bits per heavy atom. The topological polar surface area (TPSA) is 33.4 Å². The van der Waals surface area contributed by atoms with Crippen molar-refractivity contribution in [2.45, 2.75) is 32.2 Å². The van der Waals surface area contributed by atoms with Gasteiger partial charge in [-0.1, -0.05) is 0 Å². The lowest BCUT2D eigenvalue weighted by atomic mass is 10.0. The highest BCUT2D eigenvalue weighted by molar-refractivity contribution is 5.31. The molecule has 1 aliphatic rings. The quantitative estimate of drug-likeness (QED) is 0.790. The van der Waals surface area contributed by atoms with Gasteiger partial charge in [0.05, 0.1) is 0 Å². The first-order valence-electron chi connectivity index (χ1n) is 6.27. The van der Waals surface area contributed by atoms with Crippen LogP contribution in [0.2, 0.25) is 0 Å². The van der Waals surface area contributed by atoms with Crippen molar-refractivity contribution in [1.82, 2.24) is 19.3 Å². The Morgan fingerprint density at radius 3 is 2.88 bits per heavy atom. The molecule has 4 nitrogen and oxygen atoms in total. The van der Waals surface area contributed by atoms with Crippen LogP contribution < -0.4 is 0 Å². The Labute approximate surface area is 101 Å². The molecule has 0 radical (unpaired) electrons. The lowest BCUT2D eigenvalue weighted by Gasteiger charge is -2.20. The maximum atomic E-state index is 4.27. The molecular weight excluding hydrogens is 212 g/mol. The first kappa shape index (κ1) is 10.7. The van der Waals surface area contributed by atoms with Crippen LogP contribution in [0.25, 0.3) is 5.78 Å². The van der Waals surface area contributed by atoms with Crippen LogP contribution in [0.1, 0.15) is 31.9 Å². The van der Waals surface area contributed by atoms with Crippen molar-refractivity contribution in [1.29, 1.82) is 0 Å². The van der Waals surface area contributed by atoms with E-state index in [2.05, 4.69) is 39.2 Å². The van der Waals surface area contributed by atoms with Gasteiger partial charge in [-0.25, -0.2) is 9.97 Å². The van der Waals surface area contributed by atoms with Crippen LogP contribution in [-0.4, -0.2) is 38.4 Å². The Morgan fingerprint density at radius 2 is 2.12 bits per heavy atom. The highest BCUT2D eigenvalue weighted by Gasteiger charge is 2.26. The molecule has 17 heavy (non-hydrogen) atoms. The Bertz CT molecular complexity index is 517. The fraction of sp³-hybridized carbons (Fsp3) is 0.538. The molecule has 2 aromatic heterocycles. The molecule has 1 atom stereocenters. The highest BCUT2D eigenvalue weighted by Crippen LogP contribution is 2.28. The number of hydrogen-bond acceptors (Lipinski definition) is 3. The number of likely N-dealkylation sites (tertiary alicyclic amines) is 1. The van der Waals surface area contributed by atoms with Crippen molar-refractivity contribution >= 4 is 5.78 Å². The summed E-state index contributed by atoms with van der Waals surface area (Å²) in [6, 6.07) is 2.77. The minimum Gasteiger partial charge on any atom is -0.300 e. The van der Waals surface area contributed by atoms with Gasteiger partial charge in [-0.3, -0.25) is 4.40 Å². The third-order valence-corrected chi connectivity index (χ3v) is 3.70. The van der Waals surface area contributed by atoms with Gasteiger partial charge in [-0.15, -0.1) is 0 Å². The molecule has 4 heteroatoms. The lowest BCUT2D eigenvalue weighted by molar-refractivity contribution is 0.272. The van der Waals surface area contributed by atoms with Gasteiger partial charge in [0.25, 0.3) is 0 Å². The van der Waals surface area contributed by atoms with Crippen molar-refractivity contribution < 1.29 is 0 Å². The average Bonchev–Trinajstić information content (AvgIpc) is 2.97. The highest BCUT2D eigenvalue weighted by atomic mass is 15.2. The maximum Gasteiger partial charge on any atom is 0.233 e. The molecule has 0 aliphatic carbocycles. The number of rotatable bonds is 2. The first-order chi connectivity index (χ1) is 8.25. The molecule has 0 spiro atoms. The maximum absolute atomic E-state index is 4.27. The molecule has 0 amide bonds. The molecule has 0 unspecified atom stereocenters. The van der Waals surface area contributed by atoms with Gasteiger partial charge >= 0.3 is 0 Å². The first-order valence-corrected chi connectivity index (χ1v) is 6.27. The normalized spacial score (nSPS) is 21.7. The molecule has 0 aromatic carbocycles. The summed E-state index contributed by atoms with van der Waals surface area (Å²) in [4.78, 5) is 11.0. The van der Waals surface area contributed by atoms with Crippen LogP contribution >= 0.6 is 0 Å². The van der Waals surface area contributed by atoms with E-state index in [9.17, 15) is 0 Å².